The first-order valence-corrected chi connectivity index (χ1v) is 6.36. The van der Waals surface area contributed by atoms with Gasteiger partial charge in [-0.1, -0.05) is 17.7 Å². The average Bonchev–Trinajstić information content (AvgIpc) is 2.83. The standard InChI is InChI=1S/C13H12ClN3O2/c14-9-2-1-3-10-8(9)6-11(16-10)13(19)17-5-4-15-12(18)7-17/h1-3,6,16H,4-5,7H2,(H,15,18). The molecule has 3 rings (SSSR count). The van der Waals surface area contributed by atoms with Crippen molar-refractivity contribution in [3.63, 3.8) is 0 Å². The van der Waals surface area contributed by atoms with Crippen LogP contribution in [-0.2, 0) is 4.79 Å². The molecule has 2 heterocycles. The number of aromatic amines is 1. The molecule has 0 atom stereocenters. The second-order valence-electron chi connectivity index (χ2n) is 4.46. The van der Waals surface area contributed by atoms with Crippen LogP contribution in [0.25, 0.3) is 10.9 Å². The van der Waals surface area contributed by atoms with Crippen molar-refractivity contribution in [3.8, 4) is 0 Å². The van der Waals surface area contributed by atoms with Gasteiger partial charge in [-0.15, -0.1) is 0 Å². The van der Waals surface area contributed by atoms with Crippen LogP contribution in [0, 0.1) is 0 Å². The monoisotopic (exact) mass is 277 g/mol. The zero-order chi connectivity index (χ0) is 13.4. The number of carbonyl (C=O) groups is 2. The molecule has 2 aromatic rings. The van der Waals surface area contributed by atoms with E-state index in [0.717, 1.165) is 10.9 Å². The summed E-state index contributed by atoms with van der Waals surface area (Å²) in [4.78, 5) is 28.2. The molecule has 1 aromatic carbocycles. The summed E-state index contributed by atoms with van der Waals surface area (Å²) in [5, 5.41) is 4.10. The number of nitrogens with zero attached hydrogens (tertiary/aromatic N) is 1. The highest BCUT2D eigenvalue weighted by atomic mass is 35.5. The second-order valence-corrected chi connectivity index (χ2v) is 4.87. The second kappa shape index (κ2) is 4.59. The Morgan fingerprint density at radius 3 is 2.95 bits per heavy atom. The van der Waals surface area contributed by atoms with E-state index < -0.39 is 0 Å². The summed E-state index contributed by atoms with van der Waals surface area (Å²) < 4.78 is 0. The first-order valence-electron chi connectivity index (χ1n) is 5.98. The third kappa shape index (κ3) is 2.17. The summed E-state index contributed by atoms with van der Waals surface area (Å²) in [5.74, 6) is -0.309. The van der Waals surface area contributed by atoms with Crippen LogP contribution in [0.4, 0.5) is 0 Å². The largest absolute Gasteiger partial charge is 0.353 e. The number of carbonyl (C=O) groups excluding carboxylic acids is 2. The normalized spacial score (nSPS) is 15.6. The SMILES string of the molecule is O=C1CN(C(=O)c2cc3c(Cl)cccc3[nH]2)CCN1. The zero-order valence-electron chi connectivity index (χ0n) is 10.1. The number of fused-ring (bicyclic) bond motifs is 1. The van der Waals surface area contributed by atoms with E-state index in [1.54, 1.807) is 12.1 Å². The van der Waals surface area contributed by atoms with Gasteiger partial charge in [-0.05, 0) is 18.2 Å². The maximum absolute atomic E-state index is 12.3. The lowest BCUT2D eigenvalue weighted by atomic mass is 10.2. The minimum atomic E-state index is -0.179. The Morgan fingerprint density at radius 1 is 1.37 bits per heavy atom. The molecule has 5 nitrogen and oxygen atoms in total. The van der Waals surface area contributed by atoms with Crippen LogP contribution in [0.3, 0.4) is 0 Å². The minimum absolute atomic E-state index is 0.0991. The Labute approximate surface area is 114 Å². The van der Waals surface area contributed by atoms with Gasteiger partial charge in [0.2, 0.25) is 5.91 Å². The van der Waals surface area contributed by atoms with E-state index in [4.69, 9.17) is 11.6 Å². The molecule has 0 saturated carbocycles. The van der Waals surface area contributed by atoms with E-state index >= 15 is 0 Å². The molecule has 1 aliphatic heterocycles. The Bertz CT molecular complexity index is 665. The number of rotatable bonds is 1. The van der Waals surface area contributed by atoms with Gasteiger partial charge in [0, 0.05) is 29.0 Å². The fourth-order valence-corrected chi connectivity index (χ4v) is 2.44. The summed E-state index contributed by atoms with van der Waals surface area (Å²) in [5.41, 5.74) is 1.27. The van der Waals surface area contributed by atoms with Crippen molar-refractivity contribution in [3.05, 3.63) is 35.0 Å². The van der Waals surface area contributed by atoms with Gasteiger partial charge < -0.3 is 15.2 Å². The first kappa shape index (κ1) is 12.0. The molecule has 1 fully saturated rings. The summed E-state index contributed by atoms with van der Waals surface area (Å²) in [7, 11) is 0. The van der Waals surface area contributed by atoms with Crippen molar-refractivity contribution in [2.24, 2.45) is 0 Å². The third-order valence-corrected chi connectivity index (χ3v) is 3.50. The topological polar surface area (TPSA) is 65.2 Å². The molecule has 98 valence electrons. The van der Waals surface area contributed by atoms with Gasteiger partial charge in [-0.25, -0.2) is 0 Å². The molecule has 1 aliphatic rings. The zero-order valence-corrected chi connectivity index (χ0v) is 10.8. The summed E-state index contributed by atoms with van der Waals surface area (Å²) in [6, 6.07) is 7.19. The number of benzene rings is 1. The molecule has 0 bridgehead atoms. The van der Waals surface area contributed by atoms with Crippen molar-refractivity contribution in [1.82, 2.24) is 15.2 Å². The van der Waals surface area contributed by atoms with Crippen LogP contribution >= 0.6 is 11.6 Å². The maximum Gasteiger partial charge on any atom is 0.270 e. The van der Waals surface area contributed by atoms with Gasteiger partial charge in [0.25, 0.3) is 5.91 Å². The lowest BCUT2D eigenvalue weighted by Crippen LogP contribution is -2.50. The summed E-state index contributed by atoms with van der Waals surface area (Å²) in [6.45, 7) is 1.11. The fraction of sp³-hybridized carbons (Fsp3) is 0.231. The number of nitrogens with one attached hydrogen (secondary N) is 2. The van der Waals surface area contributed by atoms with Crippen molar-refractivity contribution in [1.29, 1.82) is 0 Å². The highest BCUT2D eigenvalue weighted by Gasteiger charge is 2.23. The molecule has 1 aromatic heterocycles. The van der Waals surface area contributed by atoms with Crippen LogP contribution in [0.15, 0.2) is 24.3 Å². The fourth-order valence-electron chi connectivity index (χ4n) is 2.22. The number of aromatic nitrogens is 1. The molecular formula is C13H12ClN3O2. The molecule has 0 spiro atoms. The van der Waals surface area contributed by atoms with Gasteiger partial charge in [0.1, 0.15) is 5.69 Å². The van der Waals surface area contributed by atoms with Crippen LogP contribution in [-0.4, -0.2) is 41.3 Å². The number of hydrogen-bond acceptors (Lipinski definition) is 2. The third-order valence-electron chi connectivity index (χ3n) is 3.17. The first-order chi connectivity index (χ1) is 9.15. The lowest BCUT2D eigenvalue weighted by molar-refractivity contribution is -0.123. The predicted molar refractivity (Wildman–Crippen MR) is 72.2 cm³/mol. The van der Waals surface area contributed by atoms with Crippen LogP contribution in [0.1, 0.15) is 10.5 Å². The molecule has 6 heteroatoms. The molecule has 2 amide bonds. The quantitative estimate of drug-likeness (QED) is 0.827. The van der Waals surface area contributed by atoms with Gasteiger partial charge in [0.15, 0.2) is 0 Å². The Morgan fingerprint density at radius 2 is 2.21 bits per heavy atom. The highest BCUT2D eigenvalue weighted by molar-refractivity contribution is 6.35. The maximum atomic E-state index is 12.3. The van der Waals surface area contributed by atoms with E-state index in [1.165, 1.54) is 4.90 Å². The molecule has 0 unspecified atom stereocenters. The van der Waals surface area contributed by atoms with Gasteiger partial charge in [0.05, 0.1) is 6.54 Å². The summed E-state index contributed by atoms with van der Waals surface area (Å²) >= 11 is 6.07. The minimum Gasteiger partial charge on any atom is -0.353 e. The van der Waals surface area contributed by atoms with Crippen molar-refractivity contribution in [2.45, 2.75) is 0 Å². The molecular weight excluding hydrogens is 266 g/mol. The highest BCUT2D eigenvalue weighted by Crippen LogP contribution is 2.24. The van der Waals surface area contributed by atoms with Gasteiger partial charge in [-0.2, -0.15) is 0 Å². The summed E-state index contributed by atoms with van der Waals surface area (Å²) in [6.07, 6.45) is 0. The smallest absolute Gasteiger partial charge is 0.270 e. The number of hydrogen-bond donors (Lipinski definition) is 2. The average molecular weight is 278 g/mol. The number of halogens is 1. The van der Waals surface area contributed by atoms with Gasteiger partial charge in [-0.3, -0.25) is 9.59 Å². The molecule has 2 N–H and O–H groups in total. The molecule has 0 aliphatic carbocycles. The number of H-pyrrole nitrogens is 1. The van der Waals surface area contributed by atoms with E-state index in [1.807, 2.05) is 12.1 Å². The number of amides is 2. The van der Waals surface area contributed by atoms with E-state index in [-0.39, 0.29) is 18.4 Å². The lowest BCUT2D eigenvalue weighted by Gasteiger charge is -2.26. The Kier molecular flexibility index (Phi) is 2.91. The van der Waals surface area contributed by atoms with E-state index in [0.29, 0.717) is 23.8 Å². The van der Waals surface area contributed by atoms with Crippen molar-refractivity contribution >= 4 is 34.3 Å². The molecule has 1 saturated heterocycles. The molecule has 0 radical (unpaired) electrons. The van der Waals surface area contributed by atoms with Crippen molar-refractivity contribution in [2.75, 3.05) is 19.6 Å². The Hall–Kier alpha value is -2.01. The van der Waals surface area contributed by atoms with Crippen LogP contribution in [0.5, 0.6) is 0 Å². The van der Waals surface area contributed by atoms with E-state index in [2.05, 4.69) is 10.3 Å². The number of piperazine rings is 1. The predicted octanol–water partition coefficient (Wildman–Crippen LogP) is 1.39. The van der Waals surface area contributed by atoms with Crippen molar-refractivity contribution < 1.29 is 9.59 Å². The van der Waals surface area contributed by atoms with Gasteiger partial charge >= 0.3 is 0 Å². The Balaban J connectivity index is 1.93. The van der Waals surface area contributed by atoms with E-state index in [9.17, 15) is 9.59 Å². The van der Waals surface area contributed by atoms with Crippen LogP contribution in [0.2, 0.25) is 5.02 Å². The van der Waals surface area contributed by atoms with Crippen LogP contribution < -0.4 is 5.32 Å². The molecule has 19 heavy (non-hydrogen) atoms.